The molecule has 2 aliphatic heterocycles. The van der Waals surface area contributed by atoms with Crippen LogP contribution in [0.4, 0.5) is 0 Å². The van der Waals surface area contributed by atoms with Gasteiger partial charge in [-0.25, -0.2) is 8.42 Å². The summed E-state index contributed by atoms with van der Waals surface area (Å²) in [6.07, 6.45) is 5.89. The molecule has 4 rings (SSSR count). The van der Waals surface area contributed by atoms with Gasteiger partial charge >= 0.3 is 0 Å². The van der Waals surface area contributed by atoms with Crippen LogP contribution in [-0.2, 0) is 21.9 Å². The second-order valence-electron chi connectivity index (χ2n) is 8.36. The van der Waals surface area contributed by atoms with E-state index in [0.29, 0.717) is 38.8 Å². The van der Waals surface area contributed by atoms with Gasteiger partial charge in [0.25, 0.3) is 5.91 Å². The largest absolute Gasteiger partial charge is 0.350 e. The number of amides is 1. The van der Waals surface area contributed by atoms with Gasteiger partial charge in [-0.15, -0.1) is 0 Å². The predicted molar refractivity (Wildman–Crippen MR) is 121 cm³/mol. The van der Waals surface area contributed by atoms with E-state index >= 15 is 0 Å². The highest BCUT2D eigenvalue weighted by atomic mass is 32.2. The van der Waals surface area contributed by atoms with E-state index in [9.17, 15) is 13.2 Å². The number of likely N-dealkylation sites (tertiary alicyclic amines) is 1. The van der Waals surface area contributed by atoms with Gasteiger partial charge in [0.15, 0.2) is 6.54 Å². The first-order chi connectivity index (χ1) is 14.9. The van der Waals surface area contributed by atoms with Gasteiger partial charge in [0.2, 0.25) is 10.0 Å². The molecule has 3 heterocycles. The highest BCUT2D eigenvalue weighted by molar-refractivity contribution is 7.92. The Hall–Kier alpha value is -2.42. The molecule has 2 saturated heterocycles. The second-order valence-corrected chi connectivity index (χ2v) is 10.2. The highest BCUT2D eigenvalue weighted by Crippen LogP contribution is 2.19. The van der Waals surface area contributed by atoms with Gasteiger partial charge < -0.3 is 14.4 Å². The Labute approximate surface area is 184 Å². The number of piperazine rings is 1. The molecule has 0 bridgehead atoms. The molecule has 2 aromatic rings. The number of quaternary nitrogens is 1. The summed E-state index contributed by atoms with van der Waals surface area (Å²) >= 11 is 0. The highest BCUT2D eigenvalue weighted by Gasteiger charge is 2.35. The molecule has 2 fully saturated rings. The second kappa shape index (κ2) is 9.38. The number of carbonyl (C=O) groups is 1. The third kappa shape index (κ3) is 5.08. The molecule has 0 saturated carbocycles. The summed E-state index contributed by atoms with van der Waals surface area (Å²) in [5, 5.41) is 1.26. The van der Waals surface area contributed by atoms with Gasteiger partial charge in [0, 0.05) is 57.7 Å². The Morgan fingerprint density at radius 1 is 1.10 bits per heavy atom. The summed E-state index contributed by atoms with van der Waals surface area (Å²) in [7, 11) is -1.43. The molecule has 0 aliphatic carbocycles. The average molecular weight is 444 g/mol. The maximum Gasteiger partial charge on any atom is 0.277 e. The van der Waals surface area contributed by atoms with Crippen LogP contribution in [0.2, 0.25) is 0 Å². The van der Waals surface area contributed by atoms with E-state index in [0.717, 1.165) is 24.9 Å². The molecule has 1 aromatic carbocycles. The monoisotopic (exact) mass is 443 g/mol. The Bertz CT molecular complexity index is 1020. The zero-order valence-electron chi connectivity index (χ0n) is 18.0. The minimum atomic E-state index is -3.49. The van der Waals surface area contributed by atoms with Crippen molar-refractivity contribution < 1.29 is 18.1 Å². The Kier molecular flexibility index (Phi) is 6.60. The van der Waals surface area contributed by atoms with Gasteiger partial charge in [0.1, 0.15) is 6.04 Å². The molecule has 2 unspecified atom stereocenters. The smallest absolute Gasteiger partial charge is 0.277 e. The summed E-state index contributed by atoms with van der Waals surface area (Å²) in [6, 6.07) is 13.9. The molecule has 2 atom stereocenters. The molecule has 31 heavy (non-hydrogen) atoms. The number of rotatable bonds is 6. The minimum Gasteiger partial charge on any atom is -0.350 e. The van der Waals surface area contributed by atoms with Crippen molar-refractivity contribution in [3.63, 3.8) is 0 Å². The standard InChI is InChI=1S/C23H30N4O3S/c1-24-12-5-9-21(24)22-10-6-13-26(22)19-23(28)25-14-16-27(17-15-25)31(29,30)18-11-20-7-3-2-4-8-20/h2-5,7-9,11-12,18,22H,6,10,13-17,19H2,1H3/p+1. The lowest BCUT2D eigenvalue weighted by Gasteiger charge is -2.34. The minimum absolute atomic E-state index is 0.119. The van der Waals surface area contributed by atoms with Crippen molar-refractivity contribution >= 4 is 22.0 Å². The molecular formula is C23H31N4O3S+. The fraction of sp³-hybridized carbons (Fsp3) is 0.435. The van der Waals surface area contributed by atoms with Gasteiger partial charge in [-0.1, -0.05) is 30.3 Å². The maximum atomic E-state index is 12.9. The molecule has 166 valence electrons. The fourth-order valence-corrected chi connectivity index (χ4v) is 5.80. The van der Waals surface area contributed by atoms with Crippen molar-refractivity contribution in [1.82, 2.24) is 13.8 Å². The van der Waals surface area contributed by atoms with E-state index in [2.05, 4.69) is 29.9 Å². The molecule has 7 nitrogen and oxygen atoms in total. The van der Waals surface area contributed by atoms with Gasteiger partial charge in [0.05, 0.1) is 12.2 Å². The Morgan fingerprint density at radius 3 is 2.52 bits per heavy atom. The van der Waals surface area contributed by atoms with E-state index in [-0.39, 0.29) is 5.91 Å². The maximum absolute atomic E-state index is 12.9. The van der Waals surface area contributed by atoms with Gasteiger partial charge in [-0.05, 0) is 23.8 Å². The molecule has 8 heteroatoms. The topological polar surface area (TPSA) is 67.1 Å². The number of benzene rings is 1. The van der Waals surface area contributed by atoms with Crippen LogP contribution in [0.25, 0.3) is 6.08 Å². The van der Waals surface area contributed by atoms with Crippen molar-refractivity contribution in [3.8, 4) is 0 Å². The van der Waals surface area contributed by atoms with Crippen LogP contribution in [0.1, 0.15) is 30.1 Å². The number of aromatic nitrogens is 1. The van der Waals surface area contributed by atoms with E-state index < -0.39 is 10.0 Å². The Morgan fingerprint density at radius 2 is 1.84 bits per heavy atom. The summed E-state index contributed by atoms with van der Waals surface area (Å²) in [5.74, 6) is 0.119. The molecule has 0 radical (unpaired) electrons. The zero-order chi connectivity index (χ0) is 21.8. The van der Waals surface area contributed by atoms with Crippen LogP contribution >= 0.6 is 0 Å². The van der Waals surface area contributed by atoms with E-state index in [4.69, 9.17) is 0 Å². The lowest BCUT2D eigenvalue weighted by atomic mass is 10.1. The quantitative estimate of drug-likeness (QED) is 0.721. The van der Waals surface area contributed by atoms with E-state index in [1.165, 1.54) is 20.3 Å². The van der Waals surface area contributed by atoms with Crippen LogP contribution < -0.4 is 4.90 Å². The summed E-state index contributed by atoms with van der Waals surface area (Å²) < 4.78 is 28.9. The summed E-state index contributed by atoms with van der Waals surface area (Å²) in [6.45, 7) is 3.03. The van der Waals surface area contributed by atoms with Crippen LogP contribution in [0.3, 0.4) is 0 Å². The fourth-order valence-electron chi connectivity index (χ4n) is 4.63. The third-order valence-corrected chi connectivity index (χ3v) is 7.95. The van der Waals surface area contributed by atoms with Crippen molar-refractivity contribution in [3.05, 3.63) is 65.3 Å². The zero-order valence-corrected chi connectivity index (χ0v) is 18.8. The number of sulfonamides is 1. The van der Waals surface area contributed by atoms with Crippen LogP contribution in [-0.4, -0.2) is 67.4 Å². The molecule has 1 aromatic heterocycles. The summed E-state index contributed by atoms with van der Waals surface area (Å²) in [4.78, 5) is 16.1. The first-order valence-corrected chi connectivity index (χ1v) is 12.4. The molecular weight excluding hydrogens is 412 g/mol. The molecule has 2 aliphatic rings. The van der Waals surface area contributed by atoms with Crippen molar-refractivity contribution in [2.75, 3.05) is 39.3 Å². The van der Waals surface area contributed by atoms with E-state index in [1.807, 2.05) is 35.2 Å². The molecule has 1 amide bonds. The number of hydrogen-bond acceptors (Lipinski definition) is 3. The molecule has 0 spiro atoms. The SMILES string of the molecule is Cn1cccc1C1CCC[NH+]1CC(=O)N1CCN(S(=O)(=O)C=Cc2ccccc2)CC1. The molecule has 1 N–H and O–H groups in total. The number of hydrogen-bond donors (Lipinski definition) is 1. The number of nitrogens with one attached hydrogen (secondary N) is 1. The number of aryl methyl sites for hydroxylation is 1. The van der Waals surface area contributed by atoms with Gasteiger partial charge in [-0.2, -0.15) is 4.31 Å². The normalized spacial score (nSPS) is 22.9. The first-order valence-electron chi connectivity index (χ1n) is 10.9. The van der Waals surface area contributed by atoms with Crippen molar-refractivity contribution in [2.45, 2.75) is 18.9 Å². The number of carbonyl (C=O) groups excluding carboxylic acids is 1. The van der Waals surface area contributed by atoms with Crippen molar-refractivity contribution in [2.24, 2.45) is 7.05 Å². The van der Waals surface area contributed by atoms with Crippen LogP contribution in [0, 0.1) is 0 Å². The van der Waals surface area contributed by atoms with E-state index in [1.54, 1.807) is 6.08 Å². The first kappa shape index (κ1) is 21.8. The Balaban J connectivity index is 1.31. The van der Waals surface area contributed by atoms with Crippen LogP contribution in [0.15, 0.2) is 54.1 Å². The summed E-state index contributed by atoms with van der Waals surface area (Å²) in [5.41, 5.74) is 2.13. The third-order valence-electron chi connectivity index (χ3n) is 6.39. The van der Waals surface area contributed by atoms with Crippen LogP contribution in [0.5, 0.6) is 0 Å². The number of nitrogens with zero attached hydrogens (tertiary/aromatic N) is 3. The van der Waals surface area contributed by atoms with Crippen molar-refractivity contribution in [1.29, 1.82) is 0 Å². The average Bonchev–Trinajstić information content (AvgIpc) is 3.41. The van der Waals surface area contributed by atoms with Gasteiger partial charge in [-0.3, -0.25) is 4.79 Å². The lowest BCUT2D eigenvalue weighted by molar-refractivity contribution is -0.911. The predicted octanol–water partition coefficient (Wildman–Crippen LogP) is 0.890. The lowest BCUT2D eigenvalue weighted by Crippen LogP contribution is -3.11.